The Morgan fingerprint density at radius 3 is 2.78 bits per heavy atom. The molecule has 1 N–H and O–H groups in total. The number of thioether (sulfide) groups is 1. The lowest BCUT2D eigenvalue weighted by Gasteiger charge is -2.33. The second-order valence-corrected chi connectivity index (χ2v) is 8.08. The topological polar surface area (TPSA) is 98.6 Å². The fourth-order valence-corrected chi connectivity index (χ4v) is 4.26. The summed E-state index contributed by atoms with van der Waals surface area (Å²) in [5, 5.41) is 11.9. The smallest absolute Gasteiger partial charge is 0.265 e. The van der Waals surface area contributed by atoms with Gasteiger partial charge in [0.05, 0.1) is 30.3 Å². The molecule has 2 heterocycles. The molecule has 0 spiro atoms. The van der Waals surface area contributed by atoms with Gasteiger partial charge in [-0.3, -0.25) is 14.5 Å². The van der Waals surface area contributed by atoms with Crippen molar-refractivity contribution in [3.8, 4) is 11.5 Å². The Balaban J connectivity index is 1.46. The number of nitrogens with zero attached hydrogens (tertiary/aromatic N) is 4. The highest BCUT2D eigenvalue weighted by Crippen LogP contribution is 2.37. The number of aromatic nitrogens is 3. The van der Waals surface area contributed by atoms with E-state index in [1.165, 1.54) is 11.8 Å². The van der Waals surface area contributed by atoms with E-state index in [1.54, 1.807) is 28.7 Å². The Kier molecular flexibility index (Phi) is 6.31. The molecule has 2 amide bonds. The number of benzene rings is 2. The Hall–Kier alpha value is -3.53. The van der Waals surface area contributed by atoms with E-state index >= 15 is 0 Å². The molecule has 0 aliphatic carbocycles. The minimum Gasteiger partial charge on any atom is -0.495 e. The number of hydrogen-bond donors (Lipinski definition) is 1. The molecule has 3 aromatic rings. The van der Waals surface area contributed by atoms with Crippen molar-refractivity contribution in [2.75, 3.05) is 29.7 Å². The zero-order chi connectivity index (χ0) is 22.7. The van der Waals surface area contributed by atoms with E-state index in [1.807, 2.05) is 50.4 Å². The summed E-state index contributed by atoms with van der Waals surface area (Å²) in [5.41, 5.74) is 1.31. The van der Waals surface area contributed by atoms with Gasteiger partial charge in [-0.05, 0) is 31.2 Å². The lowest BCUT2D eigenvalue weighted by molar-refractivity contribution is -0.121. The molecule has 32 heavy (non-hydrogen) atoms. The maximum atomic E-state index is 12.6. The number of amides is 2. The molecule has 4 rings (SSSR count). The highest BCUT2D eigenvalue weighted by atomic mass is 32.2. The lowest BCUT2D eigenvalue weighted by atomic mass is 10.1. The second-order valence-electron chi connectivity index (χ2n) is 7.13. The fraction of sp³-hybridized carbons (Fsp3) is 0.273. The van der Waals surface area contributed by atoms with Crippen molar-refractivity contribution >= 4 is 35.0 Å². The van der Waals surface area contributed by atoms with E-state index in [0.717, 1.165) is 0 Å². The molecule has 10 heteroatoms. The van der Waals surface area contributed by atoms with E-state index in [0.29, 0.717) is 33.9 Å². The van der Waals surface area contributed by atoms with Crippen LogP contribution in [0.2, 0.25) is 0 Å². The summed E-state index contributed by atoms with van der Waals surface area (Å²) in [6.45, 7) is 1.87. The molecule has 166 valence electrons. The molecule has 0 unspecified atom stereocenters. The summed E-state index contributed by atoms with van der Waals surface area (Å²) in [4.78, 5) is 26.7. The van der Waals surface area contributed by atoms with Crippen LogP contribution in [0.25, 0.3) is 0 Å². The molecule has 0 saturated heterocycles. The number of rotatable bonds is 7. The van der Waals surface area contributed by atoms with Gasteiger partial charge in [-0.25, -0.2) is 0 Å². The molecule has 1 atom stereocenters. The van der Waals surface area contributed by atoms with Crippen LogP contribution >= 0.6 is 11.8 Å². The quantitative estimate of drug-likeness (QED) is 0.549. The maximum absolute atomic E-state index is 12.6. The molecule has 0 fully saturated rings. The van der Waals surface area contributed by atoms with Crippen molar-refractivity contribution in [2.45, 2.75) is 18.1 Å². The van der Waals surface area contributed by atoms with Crippen molar-refractivity contribution in [1.82, 2.24) is 14.8 Å². The van der Waals surface area contributed by atoms with Crippen LogP contribution in [0.15, 0.2) is 53.7 Å². The fourth-order valence-electron chi connectivity index (χ4n) is 3.54. The molecular weight excluding hydrogens is 430 g/mol. The molecule has 1 aliphatic rings. The summed E-state index contributed by atoms with van der Waals surface area (Å²) in [6, 6.07) is 14.3. The Bertz CT molecular complexity index is 1150. The van der Waals surface area contributed by atoms with Gasteiger partial charge in [-0.1, -0.05) is 36.0 Å². The predicted octanol–water partition coefficient (Wildman–Crippen LogP) is 3.04. The zero-order valence-electron chi connectivity index (χ0n) is 17.9. The number of carbonyl (C=O) groups excluding carboxylic acids is 2. The van der Waals surface area contributed by atoms with Gasteiger partial charge in [0, 0.05) is 7.05 Å². The number of anilines is 2. The van der Waals surface area contributed by atoms with Gasteiger partial charge < -0.3 is 19.4 Å². The monoisotopic (exact) mass is 453 g/mol. The van der Waals surface area contributed by atoms with Crippen molar-refractivity contribution in [3.63, 3.8) is 0 Å². The average molecular weight is 454 g/mol. The highest BCUT2D eigenvalue weighted by Gasteiger charge is 2.32. The zero-order valence-corrected chi connectivity index (χ0v) is 18.8. The summed E-state index contributed by atoms with van der Waals surface area (Å²) >= 11 is 1.27. The number of para-hydroxylation sites is 4. The Morgan fingerprint density at radius 1 is 1.22 bits per heavy atom. The van der Waals surface area contributed by atoms with Crippen LogP contribution in [0, 0.1) is 0 Å². The van der Waals surface area contributed by atoms with Crippen molar-refractivity contribution in [1.29, 1.82) is 0 Å². The number of hydrogen-bond acceptors (Lipinski definition) is 7. The molecule has 2 aromatic carbocycles. The van der Waals surface area contributed by atoms with Gasteiger partial charge in [0.1, 0.15) is 11.5 Å². The van der Waals surface area contributed by atoms with E-state index in [9.17, 15) is 9.59 Å². The number of methoxy groups -OCH3 is 1. The van der Waals surface area contributed by atoms with Crippen LogP contribution < -0.4 is 19.7 Å². The van der Waals surface area contributed by atoms with Crippen molar-refractivity contribution in [3.05, 3.63) is 54.4 Å². The number of fused-ring (bicyclic) bond motifs is 1. The van der Waals surface area contributed by atoms with Gasteiger partial charge in [0.15, 0.2) is 17.6 Å². The van der Waals surface area contributed by atoms with Crippen molar-refractivity contribution < 1.29 is 19.1 Å². The summed E-state index contributed by atoms with van der Waals surface area (Å²) < 4.78 is 12.6. The van der Waals surface area contributed by atoms with Crippen LogP contribution in [0.5, 0.6) is 11.5 Å². The first-order valence-corrected chi connectivity index (χ1v) is 11.0. The number of nitrogens with one attached hydrogen (secondary N) is 1. The van der Waals surface area contributed by atoms with Crippen LogP contribution in [-0.2, 0) is 16.6 Å². The van der Waals surface area contributed by atoms with E-state index in [4.69, 9.17) is 9.47 Å². The highest BCUT2D eigenvalue weighted by molar-refractivity contribution is 7.99. The van der Waals surface area contributed by atoms with E-state index < -0.39 is 0 Å². The summed E-state index contributed by atoms with van der Waals surface area (Å²) in [5.74, 6) is 1.68. The van der Waals surface area contributed by atoms with Crippen LogP contribution in [0.3, 0.4) is 0 Å². The summed E-state index contributed by atoms with van der Waals surface area (Å²) in [7, 11) is 3.38. The minimum atomic E-state index is -0.359. The van der Waals surface area contributed by atoms with Gasteiger partial charge in [0.25, 0.3) is 5.91 Å². The maximum Gasteiger partial charge on any atom is 0.265 e. The normalized spacial score (nSPS) is 13.8. The predicted molar refractivity (Wildman–Crippen MR) is 121 cm³/mol. The molecule has 0 bridgehead atoms. The first kappa shape index (κ1) is 21.7. The first-order valence-electron chi connectivity index (χ1n) is 9.98. The molecular formula is C22H23N5O4S. The molecule has 0 radical (unpaired) electrons. The van der Waals surface area contributed by atoms with Gasteiger partial charge in [-0.2, -0.15) is 0 Å². The molecule has 9 nitrogen and oxygen atoms in total. The summed E-state index contributed by atoms with van der Waals surface area (Å²) in [6.07, 6.45) is 0. The SMILES string of the molecule is COc1ccccc1NC(=O)CSc1nnc([C@@H](C)N2C(=O)COc3ccccc32)n1C. The first-order chi connectivity index (χ1) is 15.5. The Labute approximate surface area is 189 Å². The third-order valence-electron chi connectivity index (χ3n) is 5.09. The van der Waals surface area contributed by atoms with E-state index in [-0.39, 0.29) is 30.2 Å². The third kappa shape index (κ3) is 4.26. The van der Waals surface area contributed by atoms with Crippen molar-refractivity contribution in [2.24, 2.45) is 7.05 Å². The Morgan fingerprint density at radius 2 is 1.97 bits per heavy atom. The lowest BCUT2D eigenvalue weighted by Crippen LogP contribution is -2.41. The molecule has 1 aromatic heterocycles. The van der Waals surface area contributed by atoms with Crippen LogP contribution in [-0.4, -0.2) is 46.0 Å². The average Bonchev–Trinajstić information content (AvgIpc) is 3.17. The van der Waals surface area contributed by atoms with Crippen LogP contribution in [0.4, 0.5) is 11.4 Å². The number of ether oxygens (including phenoxy) is 2. The largest absolute Gasteiger partial charge is 0.495 e. The molecule has 1 aliphatic heterocycles. The number of carbonyl (C=O) groups is 2. The van der Waals surface area contributed by atoms with Gasteiger partial charge in [0.2, 0.25) is 5.91 Å². The molecule has 0 saturated carbocycles. The van der Waals surface area contributed by atoms with Gasteiger partial charge >= 0.3 is 0 Å². The van der Waals surface area contributed by atoms with E-state index in [2.05, 4.69) is 15.5 Å². The third-order valence-corrected chi connectivity index (χ3v) is 6.11. The second kappa shape index (κ2) is 9.31. The minimum absolute atomic E-state index is 0.0239. The standard InChI is InChI=1S/C22H23N5O4S/c1-14(27-16-9-5-7-11-18(16)31-12-20(27)29)21-24-25-22(26(21)2)32-13-19(28)23-15-8-4-6-10-17(15)30-3/h4-11,14H,12-13H2,1-3H3,(H,23,28)/t14-/m1/s1. The van der Waals surface area contributed by atoms with Gasteiger partial charge in [-0.15, -0.1) is 10.2 Å². The van der Waals surface area contributed by atoms with Crippen LogP contribution in [0.1, 0.15) is 18.8 Å².